The quantitative estimate of drug-likeness (QED) is 0.605. The molecule has 0 radical (unpaired) electrons. The van der Waals surface area contributed by atoms with Gasteiger partial charge in [-0.05, 0) is 43.9 Å². The molecule has 0 aromatic carbocycles. The number of fused-ring (bicyclic) bond motifs is 1. The minimum Gasteiger partial charge on any atom is -0.300 e. The number of Topliss-reactive ketones (excluding diaryl/α,β-unsaturated/α-hetero) is 1. The zero-order valence-electron chi connectivity index (χ0n) is 8.81. The number of ketones is 1. The van der Waals surface area contributed by atoms with Crippen molar-refractivity contribution in [3.63, 3.8) is 0 Å². The molecule has 74 valence electrons. The molecule has 2 aliphatic carbocycles. The van der Waals surface area contributed by atoms with E-state index in [1.807, 2.05) is 0 Å². The largest absolute Gasteiger partial charge is 0.300 e. The van der Waals surface area contributed by atoms with Gasteiger partial charge in [-0.2, -0.15) is 0 Å². The van der Waals surface area contributed by atoms with Crippen LogP contribution in [0.1, 0.15) is 52.4 Å². The van der Waals surface area contributed by atoms with Gasteiger partial charge in [0, 0.05) is 5.92 Å². The highest BCUT2D eigenvalue weighted by Gasteiger charge is 2.48. The summed E-state index contributed by atoms with van der Waals surface area (Å²) < 4.78 is 0. The van der Waals surface area contributed by atoms with Gasteiger partial charge in [-0.25, -0.2) is 0 Å². The molecule has 13 heavy (non-hydrogen) atoms. The Morgan fingerprint density at radius 3 is 2.69 bits per heavy atom. The Kier molecular flexibility index (Phi) is 2.21. The third-order valence-electron chi connectivity index (χ3n) is 4.54. The van der Waals surface area contributed by atoms with E-state index in [1.165, 1.54) is 32.1 Å². The summed E-state index contributed by atoms with van der Waals surface area (Å²) in [4.78, 5) is 11.5. The van der Waals surface area contributed by atoms with E-state index in [0.717, 1.165) is 12.3 Å². The van der Waals surface area contributed by atoms with E-state index in [9.17, 15) is 4.79 Å². The van der Waals surface area contributed by atoms with Crippen LogP contribution in [0, 0.1) is 17.3 Å². The van der Waals surface area contributed by atoms with E-state index in [2.05, 4.69) is 6.92 Å². The predicted molar refractivity (Wildman–Crippen MR) is 53.5 cm³/mol. The number of hydrogen-bond acceptors (Lipinski definition) is 1. The van der Waals surface area contributed by atoms with Crippen LogP contribution in [0.4, 0.5) is 0 Å². The Bertz CT molecular complexity index is 221. The number of rotatable bonds is 1. The molecule has 0 heterocycles. The van der Waals surface area contributed by atoms with E-state index in [1.54, 1.807) is 6.92 Å². The average molecular weight is 180 g/mol. The molecule has 0 aromatic heterocycles. The second kappa shape index (κ2) is 3.11. The summed E-state index contributed by atoms with van der Waals surface area (Å²) in [6, 6.07) is 0. The maximum absolute atomic E-state index is 11.5. The summed E-state index contributed by atoms with van der Waals surface area (Å²) in [6.45, 7) is 4.14. The second-order valence-electron chi connectivity index (χ2n) is 5.19. The molecule has 0 amide bonds. The van der Waals surface area contributed by atoms with Crippen LogP contribution in [-0.4, -0.2) is 5.78 Å². The van der Waals surface area contributed by atoms with Crippen molar-refractivity contribution >= 4 is 5.78 Å². The van der Waals surface area contributed by atoms with Gasteiger partial charge in [0.05, 0.1) is 0 Å². The molecule has 0 N–H and O–H groups in total. The summed E-state index contributed by atoms with van der Waals surface area (Å²) in [5, 5.41) is 0. The van der Waals surface area contributed by atoms with Crippen LogP contribution in [0.5, 0.6) is 0 Å². The molecule has 0 unspecified atom stereocenters. The van der Waals surface area contributed by atoms with Crippen LogP contribution in [0.2, 0.25) is 0 Å². The van der Waals surface area contributed by atoms with Gasteiger partial charge >= 0.3 is 0 Å². The second-order valence-corrected chi connectivity index (χ2v) is 5.19. The maximum Gasteiger partial charge on any atom is 0.133 e. The van der Waals surface area contributed by atoms with Crippen molar-refractivity contribution in [2.45, 2.75) is 52.4 Å². The SMILES string of the molecule is CC(=O)[C@@H]1CC[C@H]2CCCC[C@@]21C. The molecule has 0 spiro atoms. The molecule has 2 fully saturated rings. The lowest BCUT2D eigenvalue weighted by Crippen LogP contribution is -2.34. The molecule has 0 bridgehead atoms. The van der Waals surface area contributed by atoms with Crippen molar-refractivity contribution in [1.82, 2.24) is 0 Å². The van der Waals surface area contributed by atoms with Crippen molar-refractivity contribution in [3.8, 4) is 0 Å². The van der Waals surface area contributed by atoms with E-state index >= 15 is 0 Å². The standard InChI is InChI=1S/C12H20O/c1-9(13)11-7-6-10-5-3-4-8-12(10,11)2/h10-11H,3-8H2,1-2H3/t10-,11+,12+/m1/s1. The van der Waals surface area contributed by atoms with Crippen LogP contribution >= 0.6 is 0 Å². The lowest BCUT2D eigenvalue weighted by molar-refractivity contribution is -0.124. The first-order valence-electron chi connectivity index (χ1n) is 5.65. The zero-order chi connectivity index (χ0) is 9.47. The Morgan fingerprint density at radius 1 is 1.23 bits per heavy atom. The fraction of sp³-hybridized carbons (Fsp3) is 0.917. The lowest BCUT2D eigenvalue weighted by Gasteiger charge is -2.39. The summed E-state index contributed by atoms with van der Waals surface area (Å²) in [6.07, 6.45) is 7.88. The topological polar surface area (TPSA) is 17.1 Å². The highest BCUT2D eigenvalue weighted by Crippen LogP contribution is 2.55. The van der Waals surface area contributed by atoms with Crippen molar-refractivity contribution in [3.05, 3.63) is 0 Å². The first-order chi connectivity index (χ1) is 6.14. The van der Waals surface area contributed by atoms with Gasteiger partial charge in [-0.1, -0.05) is 19.8 Å². The van der Waals surface area contributed by atoms with Gasteiger partial charge in [0.15, 0.2) is 0 Å². The Balaban J connectivity index is 2.20. The fourth-order valence-corrected chi connectivity index (χ4v) is 3.73. The zero-order valence-corrected chi connectivity index (χ0v) is 8.81. The Labute approximate surface area is 80.9 Å². The van der Waals surface area contributed by atoms with Crippen molar-refractivity contribution in [2.75, 3.05) is 0 Å². The minimum absolute atomic E-state index is 0.379. The van der Waals surface area contributed by atoms with Crippen molar-refractivity contribution in [2.24, 2.45) is 17.3 Å². The van der Waals surface area contributed by atoms with Crippen LogP contribution < -0.4 is 0 Å². The Hall–Kier alpha value is -0.330. The molecule has 1 nitrogen and oxygen atoms in total. The Morgan fingerprint density at radius 2 is 2.00 bits per heavy atom. The monoisotopic (exact) mass is 180 g/mol. The highest BCUT2D eigenvalue weighted by atomic mass is 16.1. The number of carbonyl (C=O) groups excluding carboxylic acids is 1. The summed E-state index contributed by atoms with van der Waals surface area (Å²) in [5.74, 6) is 1.68. The van der Waals surface area contributed by atoms with E-state index in [4.69, 9.17) is 0 Å². The molecule has 0 aliphatic heterocycles. The van der Waals surface area contributed by atoms with Gasteiger partial charge in [0.1, 0.15) is 5.78 Å². The molecular weight excluding hydrogens is 160 g/mol. The van der Waals surface area contributed by atoms with Gasteiger partial charge in [0.25, 0.3) is 0 Å². The molecule has 0 aromatic rings. The number of hydrogen-bond donors (Lipinski definition) is 0. The fourth-order valence-electron chi connectivity index (χ4n) is 3.73. The van der Waals surface area contributed by atoms with Gasteiger partial charge < -0.3 is 0 Å². The number of carbonyl (C=O) groups is 1. The molecule has 2 rings (SSSR count). The van der Waals surface area contributed by atoms with Crippen LogP contribution in [-0.2, 0) is 4.79 Å². The van der Waals surface area contributed by atoms with Crippen LogP contribution in [0.3, 0.4) is 0 Å². The third kappa shape index (κ3) is 1.33. The first kappa shape index (κ1) is 9.23. The predicted octanol–water partition coefficient (Wildman–Crippen LogP) is 3.18. The third-order valence-corrected chi connectivity index (χ3v) is 4.54. The van der Waals surface area contributed by atoms with E-state index in [-0.39, 0.29) is 0 Å². The van der Waals surface area contributed by atoms with Crippen molar-refractivity contribution < 1.29 is 4.79 Å². The van der Waals surface area contributed by atoms with E-state index in [0.29, 0.717) is 17.1 Å². The van der Waals surface area contributed by atoms with Crippen molar-refractivity contribution in [1.29, 1.82) is 0 Å². The normalized spacial score (nSPS) is 44.5. The van der Waals surface area contributed by atoms with Crippen LogP contribution in [0.25, 0.3) is 0 Å². The molecule has 1 heteroatoms. The molecule has 3 atom stereocenters. The maximum atomic E-state index is 11.5. The van der Waals surface area contributed by atoms with Crippen LogP contribution in [0.15, 0.2) is 0 Å². The smallest absolute Gasteiger partial charge is 0.133 e. The van der Waals surface area contributed by atoms with Gasteiger partial charge in [-0.3, -0.25) is 4.79 Å². The molecule has 0 saturated heterocycles. The lowest BCUT2D eigenvalue weighted by atomic mass is 9.65. The molecule has 2 saturated carbocycles. The first-order valence-corrected chi connectivity index (χ1v) is 5.65. The summed E-state index contributed by atoms with van der Waals surface area (Å²) in [7, 11) is 0. The average Bonchev–Trinajstić information content (AvgIpc) is 2.41. The summed E-state index contributed by atoms with van der Waals surface area (Å²) in [5.41, 5.74) is 0.379. The van der Waals surface area contributed by atoms with E-state index < -0.39 is 0 Å². The van der Waals surface area contributed by atoms with Gasteiger partial charge in [-0.15, -0.1) is 0 Å². The molecular formula is C12H20O. The molecule has 2 aliphatic rings. The van der Waals surface area contributed by atoms with Gasteiger partial charge in [0.2, 0.25) is 0 Å². The highest BCUT2D eigenvalue weighted by molar-refractivity contribution is 5.79. The minimum atomic E-state index is 0.379. The summed E-state index contributed by atoms with van der Waals surface area (Å²) >= 11 is 0.